The van der Waals surface area contributed by atoms with Gasteiger partial charge < -0.3 is 21.7 Å². The highest BCUT2D eigenvalue weighted by molar-refractivity contribution is 5.92. The van der Waals surface area contributed by atoms with Crippen molar-refractivity contribution in [1.29, 1.82) is 0 Å². The average molecular weight is 462 g/mol. The Balaban J connectivity index is 1.45. The summed E-state index contributed by atoms with van der Waals surface area (Å²) in [5.41, 5.74) is 7.05. The van der Waals surface area contributed by atoms with Gasteiger partial charge >= 0.3 is 6.18 Å². The zero-order chi connectivity index (χ0) is 23.6. The number of hydrogen-bond acceptors (Lipinski definition) is 6. The largest absolute Gasteiger partial charge is 0.393 e. The Kier molecular flexibility index (Phi) is 6.50. The molecule has 0 spiro atoms. The molecule has 2 amide bonds. The molecule has 2 fully saturated rings. The van der Waals surface area contributed by atoms with E-state index in [2.05, 4.69) is 25.9 Å². The van der Waals surface area contributed by atoms with Gasteiger partial charge in [0, 0.05) is 30.8 Å². The number of alkyl halides is 3. The van der Waals surface area contributed by atoms with Gasteiger partial charge in [-0.3, -0.25) is 9.59 Å². The molecule has 5 N–H and O–H groups in total. The first-order valence-electron chi connectivity index (χ1n) is 10.8. The standard InChI is InChI=1S/C22H25F3N6O2/c23-22(24,25)14-5-6-15(28-11-14)9-12-1-3-13(4-2-12)20-30-17(19(26)32)10-18(31-20)29-16-7-8-27-21(16)33/h1-4,10,14-16,28H,5-9,11H2,(H2,26,32)(H,27,33)(H,29,30,31)/t14?,15?,16-/m0/s1. The minimum absolute atomic E-state index is 0.0164. The Morgan fingerprint density at radius 3 is 2.48 bits per heavy atom. The lowest BCUT2D eigenvalue weighted by atomic mass is 9.91. The topological polar surface area (TPSA) is 122 Å². The van der Waals surface area contributed by atoms with Gasteiger partial charge in [-0.15, -0.1) is 0 Å². The first-order chi connectivity index (χ1) is 15.7. The minimum atomic E-state index is -4.16. The summed E-state index contributed by atoms with van der Waals surface area (Å²) in [7, 11) is 0. The molecule has 176 valence electrons. The van der Waals surface area contributed by atoms with Crippen molar-refractivity contribution in [3.8, 4) is 11.4 Å². The number of piperidine rings is 1. The van der Waals surface area contributed by atoms with E-state index >= 15 is 0 Å². The van der Waals surface area contributed by atoms with Crippen molar-refractivity contribution in [3.63, 3.8) is 0 Å². The molecule has 0 bridgehead atoms. The summed E-state index contributed by atoms with van der Waals surface area (Å²) in [5, 5.41) is 8.74. The fourth-order valence-corrected chi connectivity index (χ4v) is 4.13. The maximum Gasteiger partial charge on any atom is 0.393 e. The molecule has 0 aliphatic carbocycles. The Hall–Kier alpha value is -3.21. The van der Waals surface area contributed by atoms with E-state index in [0.29, 0.717) is 37.2 Å². The molecular formula is C22H25F3N6O2. The number of hydrogen-bond donors (Lipinski definition) is 4. The van der Waals surface area contributed by atoms with Gasteiger partial charge in [0.2, 0.25) is 5.91 Å². The fourth-order valence-electron chi connectivity index (χ4n) is 4.13. The lowest BCUT2D eigenvalue weighted by molar-refractivity contribution is -0.179. The highest BCUT2D eigenvalue weighted by atomic mass is 19.4. The number of carbonyl (C=O) groups excluding carboxylic acids is 2. The first-order valence-corrected chi connectivity index (χ1v) is 10.8. The van der Waals surface area contributed by atoms with Crippen molar-refractivity contribution in [2.75, 3.05) is 18.4 Å². The van der Waals surface area contributed by atoms with Crippen molar-refractivity contribution >= 4 is 17.6 Å². The summed E-state index contributed by atoms with van der Waals surface area (Å²) in [5.74, 6) is -1.54. The van der Waals surface area contributed by atoms with Gasteiger partial charge in [-0.1, -0.05) is 24.3 Å². The molecule has 0 saturated carbocycles. The van der Waals surface area contributed by atoms with Crippen LogP contribution in [0.5, 0.6) is 0 Å². The van der Waals surface area contributed by atoms with E-state index in [4.69, 9.17) is 5.73 Å². The maximum atomic E-state index is 12.8. The van der Waals surface area contributed by atoms with Gasteiger partial charge in [0.05, 0.1) is 5.92 Å². The third-order valence-electron chi connectivity index (χ3n) is 6.02. The van der Waals surface area contributed by atoms with Crippen LogP contribution in [-0.4, -0.2) is 53.1 Å². The van der Waals surface area contributed by atoms with Crippen LogP contribution in [0.3, 0.4) is 0 Å². The van der Waals surface area contributed by atoms with E-state index < -0.39 is 24.0 Å². The smallest absolute Gasteiger partial charge is 0.364 e. The molecule has 0 radical (unpaired) electrons. The molecule has 3 atom stereocenters. The molecule has 3 heterocycles. The molecular weight excluding hydrogens is 437 g/mol. The van der Waals surface area contributed by atoms with Gasteiger partial charge in [0.1, 0.15) is 17.6 Å². The van der Waals surface area contributed by atoms with Crippen LogP contribution in [0.1, 0.15) is 35.3 Å². The highest BCUT2D eigenvalue weighted by Crippen LogP contribution is 2.32. The summed E-state index contributed by atoms with van der Waals surface area (Å²) in [6, 6.07) is 8.27. The first kappa shape index (κ1) is 23.0. The summed E-state index contributed by atoms with van der Waals surface area (Å²) in [6.07, 6.45) is -2.37. The number of nitrogens with zero attached hydrogens (tertiary/aromatic N) is 2. The second kappa shape index (κ2) is 9.34. The zero-order valence-electron chi connectivity index (χ0n) is 17.8. The lowest BCUT2D eigenvalue weighted by Gasteiger charge is -2.31. The summed E-state index contributed by atoms with van der Waals surface area (Å²) < 4.78 is 38.5. The minimum Gasteiger partial charge on any atom is -0.364 e. The Labute approximate surface area is 188 Å². The number of primary amides is 1. The zero-order valence-corrected chi connectivity index (χ0v) is 17.8. The van der Waals surface area contributed by atoms with Crippen molar-refractivity contribution < 1.29 is 22.8 Å². The van der Waals surface area contributed by atoms with Crippen LogP contribution >= 0.6 is 0 Å². The third kappa shape index (κ3) is 5.59. The molecule has 33 heavy (non-hydrogen) atoms. The van der Waals surface area contributed by atoms with E-state index in [1.807, 2.05) is 12.1 Å². The molecule has 2 aromatic rings. The molecule has 2 unspecified atom stereocenters. The van der Waals surface area contributed by atoms with Gasteiger partial charge in [0.15, 0.2) is 5.82 Å². The van der Waals surface area contributed by atoms with Crippen LogP contribution in [0.15, 0.2) is 30.3 Å². The lowest BCUT2D eigenvalue weighted by Crippen LogP contribution is -2.45. The van der Waals surface area contributed by atoms with Gasteiger partial charge in [-0.05, 0) is 31.2 Å². The highest BCUT2D eigenvalue weighted by Gasteiger charge is 2.41. The number of aromatic nitrogens is 2. The van der Waals surface area contributed by atoms with Crippen LogP contribution in [0.4, 0.5) is 19.0 Å². The van der Waals surface area contributed by atoms with E-state index in [1.54, 1.807) is 12.1 Å². The Morgan fingerprint density at radius 1 is 1.15 bits per heavy atom. The average Bonchev–Trinajstić information content (AvgIpc) is 3.18. The molecule has 1 aromatic carbocycles. The molecule has 2 aliphatic heterocycles. The van der Waals surface area contributed by atoms with Crippen molar-refractivity contribution in [1.82, 2.24) is 20.6 Å². The van der Waals surface area contributed by atoms with Crippen LogP contribution < -0.4 is 21.7 Å². The number of halogens is 3. The third-order valence-corrected chi connectivity index (χ3v) is 6.02. The summed E-state index contributed by atoms with van der Waals surface area (Å²) in [4.78, 5) is 32.3. The second-order valence-electron chi connectivity index (χ2n) is 8.43. The van der Waals surface area contributed by atoms with E-state index in [-0.39, 0.29) is 36.4 Å². The van der Waals surface area contributed by atoms with Crippen molar-refractivity contribution in [2.45, 2.75) is 43.9 Å². The molecule has 2 aliphatic rings. The second-order valence-corrected chi connectivity index (χ2v) is 8.43. The SMILES string of the molecule is NC(=O)c1cc(N[C@H]2CCNC2=O)nc(-c2ccc(CC3CCC(C(F)(F)F)CN3)cc2)n1. The number of benzene rings is 1. The molecule has 4 rings (SSSR count). The van der Waals surface area contributed by atoms with E-state index in [0.717, 1.165) is 5.56 Å². The quantitative estimate of drug-likeness (QED) is 0.521. The Morgan fingerprint density at radius 2 is 1.91 bits per heavy atom. The fraction of sp³-hybridized carbons (Fsp3) is 0.455. The van der Waals surface area contributed by atoms with E-state index in [1.165, 1.54) is 6.07 Å². The normalized spacial score (nSPS) is 23.2. The molecule has 11 heteroatoms. The number of nitrogens with one attached hydrogen (secondary N) is 3. The monoisotopic (exact) mass is 462 g/mol. The predicted octanol–water partition coefficient (Wildman–Crippen LogP) is 2.02. The van der Waals surface area contributed by atoms with Crippen LogP contribution in [-0.2, 0) is 11.2 Å². The molecule has 2 saturated heterocycles. The van der Waals surface area contributed by atoms with Gasteiger partial charge in [-0.2, -0.15) is 13.2 Å². The van der Waals surface area contributed by atoms with E-state index in [9.17, 15) is 22.8 Å². The van der Waals surface area contributed by atoms with Crippen molar-refractivity contribution in [3.05, 3.63) is 41.6 Å². The number of carbonyl (C=O) groups is 2. The number of rotatable bonds is 6. The number of anilines is 1. The molecule has 1 aromatic heterocycles. The maximum absolute atomic E-state index is 12.8. The molecule has 8 nitrogen and oxygen atoms in total. The van der Waals surface area contributed by atoms with Crippen LogP contribution in [0.25, 0.3) is 11.4 Å². The Bertz CT molecular complexity index is 1020. The summed E-state index contributed by atoms with van der Waals surface area (Å²) in [6.45, 7) is 0.500. The predicted molar refractivity (Wildman–Crippen MR) is 115 cm³/mol. The van der Waals surface area contributed by atoms with Crippen LogP contribution in [0.2, 0.25) is 0 Å². The van der Waals surface area contributed by atoms with Crippen LogP contribution in [0, 0.1) is 5.92 Å². The van der Waals surface area contributed by atoms with Gasteiger partial charge in [0.25, 0.3) is 5.91 Å². The number of nitrogens with two attached hydrogens (primary N) is 1. The van der Waals surface area contributed by atoms with Gasteiger partial charge in [-0.25, -0.2) is 9.97 Å². The van der Waals surface area contributed by atoms with Crippen molar-refractivity contribution in [2.24, 2.45) is 11.7 Å². The summed E-state index contributed by atoms with van der Waals surface area (Å²) >= 11 is 0. The number of amides is 2.